The minimum absolute atomic E-state index is 1.21. The third-order valence-corrected chi connectivity index (χ3v) is 4.49. The van der Waals surface area contributed by atoms with Crippen LogP contribution in [0.4, 0.5) is 5.69 Å². The van der Waals surface area contributed by atoms with Gasteiger partial charge in [-0.05, 0) is 53.1 Å². The first kappa shape index (κ1) is 17.0. The maximum absolute atomic E-state index is 2.23. The first-order valence-electron chi connectivity index (χ1n) is 8.67. The van der Waals surface area contributed by atoms with Crippen molar-refractivity contribution in [1.29, 1.82) is 0 Å². The molecule has 3 aromatic rings. The fourth-order valence-electron chi connectivity index (χ4n) is 3.00. The quantitative estimate of drug-likeness (QED) is 0.697. The van der Waals surface area contributed by atoms with Crippen LogP contribution >= 0.6 is 0 Å². The molecule has 3 aromatic carbocycles. The van der Waals surface area contributed by atoms with Gasteiger partial charge in [0.05, 0.1) is 0 Å². The van der Waals surface area contributed by atoms with Crippen LogP contribution < -0.4 is 15.3 Å². The molecule has 3 rings (SSSR count). The van der Waals surface area contributed by atoms with Crippen LogP contribution in [0.2, 0.25) is 0 Å². The normalized spacial score (nSPS) is 10.4. The van der Waals surface area contributed by atoms with Crippen LogP contribution in [0.25, 0.3) is 11.1 Å². The average molecular weight is 327 g/mol. The fourth-order valence-corrected chi connectivity index (χ4v) is 3.00. The van der Waals surface area contributed by atoms with Crippen molar-refractivity contribution in [3.8, 4) is 0 Å². The van der Waals surface area contributed by atoms with E-state index >= 15 is 0 Å². The van der Waals surface area contributed by atoms with E-state index in [1.807, 2.05) is 0 Å². The molecule has 126 valence electrons. The summed E-state index contributed by atoms with van der Waals surface area (Å²) < 4.78 is 0. The molecule has 1 nitrogen and oxygen atoms in total. The topological polar surface area (TPSA) is 3.24 Å². The number of hydrogen-bond acceptors (Lipinski definition) is 1. The highest BCUT2D eigenvalue weighted by atomic mass is 15.1. The molecule has 0 saturated carbocycles. The number of nitrogens with zero attached hydrogens (tertiary/aromatic N) is 1. The van der Waals surface area contributed by atoms with E-state index in [1.165, 1.54) is 38.4 Å². The van der Waals surface area contributed by atoms with E-state index in [2.05, 4.69) is 112 Å². The summed E-state index contributed by atoms with van der Waals surface area (Å²) in [5.41, 5.74) is 6.30. The molecular weight excluding hydrogens is 302 g/mol. The van der Waals surface area contributed by atoms with E-state index in [-0.39, 0.29) is 0 Å². The standard InChI is InChI=1S/C24H25N/c1-18(2)19-10-12-21(13-11-19)24(20-8-6-5-7-9-20)22-14-16-23(17-15-22)25(3)4/h5-17H,1-4H3. The Morgan fingerprint density at radius 1 is 0.600 bits per heavy atom. The van der Waals surface area contributed by atoms with E-state index in [4.69, 9.17) is 0 Å². The Morgan fingerprint density at radius 3 is 1.64 bits per heavy atom. The Balaban J connectivity index is 2.24. The van der Waals surface area contributed by atoms with Gasteiger partial charge >= 0.3 is 0 Å². The SMILES string of the molecule is CC(C)=c1ccc(=C(c2ccccc2)c2ccc(N(C)C)cc2)cc1. The van der Waals surface area contributed by atoms with Crippen molar-refractivity contribution in [3.63, 3.8) is 0 Å². The molecule has 25 heavy (non-hydrogen) atoms. The van der Waals surface area contributed by atoms with Crippen LogP contribution in [0.3, 0.4) is 0 Å². The summed E-state index contributed by atoms with van der Waals surface area (Å²) >= 11 is 0. The van der Waals surface area contributed by atoms with Crippen molar-refractivity contribution < 1.29 is 0 Å². The monoisotopic (exact) mass is 327 g/mol. The second-order valence-electron chi connectivity index (χ2n) is 6.76. The van der Waals surface area contributed by atoms with Crippen LogP contribution in [0.5, 0.6) is 0 Å². The highest BCUT2D eigenvalue weighted by molar-refractivity contribution is 5.80. The van der Waals surface area contributed by atoms with Gasteiger partial charge in [0.2, 0.25) is 0 Å². The molecule has 0 fully saturated rings. The highest BCUT2D eigenvalue weighted by Crippen LogP contribution is 2.23. The molecule has 0 radical (unpaired) electrons. The van der Waals surface area contributed by atoms with E-state index in [0.29, 0.717) is 0 Å². The zero-order chi connectivity index (χ0) is 17.8. The summed E-state index contributed by atoms with van der Waals surface area (Å²) in [6, 6.07) is 28.3. The molecule has 0 unspecified atom stereocenters. The maximum atomic E-state index is 2.23. The van der Waals surface area contributed by atoms with E-state index in [1.54, 1.807) is 0 Å². The second-order valence-corrected chi connectivity index (χ2v) is 6.76. The lowest BCUT2D eigenvalue weighted by Gasteiger charge is -2.14. The highest BCUT2D eigenvalue weighted by Gasteiger charge is 2.06. The molecule has 0 aromatic heterocycles. The number of hydrogen-bond donors (Lipinski definition) is 0. The zero-order valence-electron chi connectivity index (χ0n) is 15.5. The Labute approximate surface area is 150 Å². The van der Waals surface area contributed by atoms with Crippen molar-refractivity contribution in [2.24, 2.45) is 0 Å². The van der Waals surface area contributed by atoms with Crippen LogP contribution in [0.1, 0.15) is 25.0 Å². The molecule has 0 bridgehead atoms. The van der Waals surface area contributed by atoms with Gasteiger partial charge in [-0.15, -0.1) is 0 Å². The van der Waals surface area contributed by atoms with Crippen molar-refractivity contribution >= 4 is 16.8 Å². The molecule has 0 atom stereocenters. The van der Waals surface area contributed by atoms with E-state index in [0.717, 1.165) is 0 Å². The Bertz CT molecular complexity index is 937. The Hall–Kier alpha value is -2.80. The lowest BCUT2D eigenvalue weighted by atomic mass is 9.95. The van der Waals surface area contributed by atoms with Crippen molar-refractivity contribution in [2.75, 3.05) is 19.0 Å². The van der Waals surface area contributed by atoms with Gasteiger partial charge in [-0.25, -0.2) is 0 Å². The van der Waals surface area contributed by atoms with Crippen LogP contribution in [0, 0.1) is 0 Å². The van der Waals surface area contributed by atoms with Crippen LogP contribution in [-0.4, -0.2) is 14.1 Å². The summed E-state index contributed by atoms with van der Waals surface area (Å²) in [6.45, 7) is 4.30. The molecule has 0 aliphatic rings. The number of rotatable bonds is 3. The smallest absolute Gasteiger partial charge is 0.0361 e. The third kappa shape index (κ3) is 3.83. The van der Waals surface area contributed by atoms with Crippen molar-refractivity contribution in [3.05, 3.63) is 100 Å². The van der Waals surface area contributed by atoms with E-state index < -0.39 is 0 Å². The summed E-state index contributed by atoms with van der Waals surface area (Å²) in [6.07, 6.45) is 0. The van der Waals surface area contributed by atoms with Gasteiger partial charge in [-0.2, -0.15) is 0 Å². The number of anilines is 1. The molecule has 0 aliphatic carbocycles. The molecule has 0 aliphatic heterocycles. The fraction of sp³-hybridized carbons (Fsp3) is 0.167. The molecule has 0 spiro atoms. The summed E-state index contributed by atoms with van der Waals surface area (Å²) in [5.74, 6) is 0. The van der Waals surface area contributed by atoms with Gasteiger partial charge in [0.15, 0.2) is 0 Å². The van der Waals surface area contributed by atoms with Gasteiger partial charge in [-0.1, -0.05) is 72.3 Å². The first-order valence-corrected chi connectivity index (χ1v) is 8.67. The van der Waals surface area contributed by atoms with Gasteiger partial charge in [0, 0.05) is 19.8 Å². The second kappa shape index (κ2) is 7.40. The largest absolute Gasteiger partial charge is 0.378 e. The lowest BCUT2D eigenvalue weighted by molar-refractivity contribution is 1.13. The van der Waals surface area contributed by atoms with Crippen LogP contribution in [0.15, 0.2) is 78.9 Å². The average Bonchev–Trinajstić information content (AvgIpc) is 2.64. The zero-order valence-corrected chi connectivity index (χ0v) is 15.5. The third-order valence-electron chi connectivity index (χ3n) is 4.49. The molecule has 1 heteroatoms. The van der Waals surface area contributed by atoms with E-state index in [9.17, 15) is 0 Å². The maximum Gasteiger partial charge on any atom is 0.0361 e. The summed E-state index contributed by atoms with van der Waals surface area (Å²) in [5, 5.41) is 2.54. The summed E-state index contributed by atoms with van der Waals surface area (Å²) in [4.78, 5) is 2.13. The molecular formula is C24H25N. The molecule has 0 heterocycles. The molecule has 0 amide bonds. The first-order chi connectivity index (χ1) is 12.1. The lowest BCUT2D eigenvalue weighted by Crippen LogP contribution is -2.13. The Morgan fingerprint density at radius 2 is 1.12 bits per heavy atom. The van der Waals surface area contributed by atoms with Crippen LogP contribution in [-0.2, 0) is 0 Å². The predicted molar refractivity (Wildman–Crippen MR) is 109 cm³/mol. The van der Waals surface area contributed by atoms with Gasteiger partial charge < -0.3 is 4.90 Å². The predicted octanol–water partition coefficient (Wildman–Crippen LogP) is 4.19. The van der Waals surface area contributed by atoms with Gasteiger partial charge in [0.1, 0.15) is 0 Å². The molecule has 0 N–H and O–H groups in total. The van der Waals surface area contributed by atoms with Crippen molar-refractivity contribution in [1.82, 2.24) is 0 Å². The Kier molecular flexibility index (Phi) is 5.04. The minimum Gasteiger partial charge on any atom is -0.378 e. The van der Waals surface area contributed by atoms with Gasteiger partial charge in [-0.3, -0.25) is 0 Å². The summed E-state index contributed by atoms with van der Waals surface area (Å²) in [7, 11) is 4.14. The van der Waals surface area contributed by atoms with Gasteiger partial charge in [0.25, 0.3) is 0 Å². The van der Waals surface area contributed by atoms with Crippen molar-refractivity contribution in [2.45, 2.75) is 13.8 Å². The number of benzene rings is 3. The minimum atomic E-state index is 1.21. The molecule has 0 saturated heterocycles.